The van der Waals surface area contributed by atoms with E-state index in [2.05, 4.69) is 4.98 Å². The van der Waals surface area contributed by atoms with Gasteiger partial charge in [0.2, 0.25) is 0 Å². The molecule has 1 aromatic carbocycles. The molecule has 1 fully saturated rings. The molecule has 0 bridgehead atoms. The minimum absolute atomic E-state index is 0.0599. The second-order valence-corrected chi connectivity index (χ2v) is 5.68. The third-order valence-electron chi connectivity index (χ3n) is 3.16. The summed E-state index contributed by atoms with van der Waals surface area (Å²) in [5.41, 5.74) is 1.08. The first kappa shape index (κ1) is 12.5. The van der Waals surface area contributed by atoms with Crippen LogP contribution in [0.5, 0.6) is 0 Å². The first-order chi connectivity index (χ1) is 9.15. The number of aromatic nitrogens is 2. The summed E-state index contributed by atoms with van der Waals surface area (Å²) >= 11 is 1.14. The summed E-state index contributed by atoms with van der Waals surface area (Å²) < 4.78 is 15.7. The summed E-state index contributed by atoms with van der Waals surface area (Å²) in [4.78, 5) is 14.9. The Morgan fingerprint density at radius 3 is 3.00 bits per heavy atom. The van der Waals surface area contributed by atoms with Crippen molar-refractivity contribution in [1.29, 1.82) is 0 Å². The van der Waals surface area contributed by atoms with E-state index in [9.17, 15) is 9.18 Å². The minimum Gasteiger partial charge on any atom is -0.481 e. The van der Waals surface area contributed by atoms with E-state index in [-0.39, 0.29) is 11.6 Å². The van der Waals surface area contributed by atoms with Gasteiger partial charge in [-0.1, -0.05) is 17.8 Å². The van der Waals surface area contributed by atoms with Gasteiger partial charge < -0.3 is 9.67 Å². The number of rotatable bonds is 5. The smallest absolute Gasteiger partial charge is 0.313 e. The molecule has 19 heavy (non-hydrogen) atoms. The molecule has 6 heteroatoms. The molecule has 0 unspecified atom stereocenters. The lowest BCUT2D eigenvalue weighted by molar-refractivity contribution is -0.133. The number of imidazole rings is 1. The molecule has 2 aromatic rings. The maximum Gasteiger partial charge on any atom is 0.313 e. The quantitative estimate of drug-likeness (QED) is 0.856. The Morgan fingerprint density at radius 1 is 1.53 bits per heavy atom. The summed E-state index contributed by atoms with van der Waals surface area (Å²) in [7, 11) is 0. The molecule has 1 aliphatic carbocycles. The molecule has 0 amide bonds. The molecular weight excluding hydrogens is 267 g/mol. The van der Waals surface area contributed by atoms with Crippen LogP contribution >= 0.6 is 11.8 Å². The fraction of sp³-hybridized carbons (Fsp3) is 0.385. The topological polar surface area (TPSA) is 55.1 Å². The van der Waals surface area contributed by atoms with Crippen molar-refractivity contribution in [2.75, 3.05) is 5.75 Å². The van der Waals surface area contributed by atoms with Gasteiger partial charge in [-0.05, 0) is 30.9 Å². The Labute approximate surface area is 113 Å². The predicted octanol–water partition coefficient (Wildman–Crippen LogP) is 2.76. The van der Waals surface area contributed by atoms with Crippen LogP contribution in [0.1, 0.15) is 12.8 Å². The zero-order chi connectivity index (χ0) is 13.4. The number of halogens is 1. The van der Waals surface area contributed by atoms with Gasteiger partial charge in [0.05, 0.1) is 11.3 Å². The van der Waals surface area contributed by atoms with E-state index in [0.29, 0.717) is 16.6 Å². The molecule has 1 aliphatic rings. The lowest BCUT2D eigenvalue weighted by Gasteiger charge is -2.06. The maximum atomic E-state index is 13.7. The third-order valence-corrected chi connectivity index (χ3v) is 4.12. The normalized spacial score (nSPS) is 15.0. The second kappa shape index (κ2) is 4.85. The van der Waals surface area contributed by atoms with E-state index in [1.807, 2.05) is 10.6 Å². The molecule has 1 saturated carbocycles. The van der Waals surface area contributed by atoms with Crippen LogP contribution in [0.2, 0.25) is 0 Å². The summed E-state index contributed by atoms with van der Waals surface area (Å²) in [5.74, 6) is -0.695. The molecule has 1 heterocycles. The van der Waals surface area contributed by atoms with Crippen molar-refractivity contribution in [3.8, 4) is 0 Å². The van der Waals surface area contributed by atoms with E-state index in [1.54, 1.807) is 6.07 Å². The Morgan fingerprint density at radius 2 is 2.32 bits per heavy atom. The molecule has 0 aliphatic heterocycles. The third kappa shape index (κ3) is 2.58. The van der Waals surface area contributed by atoms with E-state index in [4.69, 9.17) is 5.11 Å². The molecule has 1 N–H and O–H groups in total. The first-order valence-electron chi connectivity index (χ1n) is 6.14. The average molecular weight is 280 g/mol. The summed E-state index contributed by atoms with van der Waals surface area (Å²) in [6.07, 6.45) is 2.36. The van der Waals surface area contributed by atoms with E-state index >= 15 is 0 Å². The number of carbonyl (C=O) groups is 1. The van der Waals surface area contributed by atoms with Crippen LogP contribution in [0, 0.1) is 11.7 Å². The number of aliphatic carboxylic acids is 1. The SMILES string of the molecule is O=C(O)CSc1nc2c(F)cccc2n1CC1CC1. The van der Waals surface area contributed by atoms with E-state index in [1.165, 1.54) is 18.9 Å². The van der Waals surface area contributed by atoms with E-state index in [0.717, 1.165) is 23.8 Å². The molecule has 4 nitrogen and oxygen atoms in total. The number of fused-ring (bicyclic) bond motifs is 1. The zero-order valence-corrected chi connectivity index (χ0v) is 11.0. The number of hydrogen-bond acceptors (Lipinski definition) is 3. The van der Waals surface area contributed by atoms with Gasteiger partial charge in [-0.3, -0.25) is 4.79 Å². The van der Waals surface area contributed by atoms with Crippen molar-refractivity contribution in [1.82, 2.24) is 9.55 Å². The highest BCUT2D eigenvalue weighted by atomic mass is 32.2. The monoisotopic (exact) mass is 280 g/mol. The second-order valence-electron chi connectivity index (χ2n) is 4.74. The number of hydrogen-bond donors (Lipinski definition) is 1. The van der Waals surface area contributed by atoms with Gasteiger partial charge in [-0.15, -0.1) is 0 Å². The number of para-hydroxylation sites is 1. The molecule has 100 valence electrons. The van der Waals surface area contributed by atoms with Crippen LogP contribution in [0.25, 0.3) is 11.0 Å². The van der Waals surface area contributed by atoms with Gasteiger partial charge in [-0.2, -0.15) is 0 Å². The molecular formula is C13H13FN2O2S. The maximum absolute atomic E-state index is 13.7. The summed E-state index contributed by atoms with van der Waals surface area (Å²) in [5, 5.41) is 9.35. The zero-order valence-electron chi connectivity index (χ0n) is 10.2. The van der Waals surface area contributed by atoms with Gasteiger partial charge in [0.25, 0.3) is 0 Å². The Bertz CT molecular complexity index is 637. The van der Waals surface area contributed by atoms with Crippen LogP contribution in [0.4, 0.5) is 4.39 Å². The predicted molar refractivity (Wildman–Crippen MR) is 70.8 cm³/mol. The molecule has 0 atom stereocenters. The number of thioether (sulfide) groups is 1. The summed E-state index contributed by atoms with van der Waals surface area (Å²) in [6, 6.07) is 4.87. The van der Waals surface area contributed by atoms with Crippen molar-refractivity contribution in [2.45, 2.75) is 24.5 Å². The minimum atomic E-state index is -0.893. The van der Waals surface area contributed by atoms with E-state index < -0.39 is 5.97 Å². The van der Waals surface area contributed by atoms with Crippen LogP contribution in [-0.4, -0.2) is 26.4 Å². The number of nitrogens with zero attached hydrogens (tertiary/aromatic N) is 2. The fourth-order valence-electron chi connectivity index (χ4n) is 2.06. The van der Waals surface area contributed by atoms with Crippen LogP contribution in [0.15, 0.2) is 23.4 Å². The van der Waals surface area contributed by atoms with Crippen molar-refractivity contribution >= 4 is 28.8 Å². The van der Waals surface area contributed by atoms with Crippen LogP contribution < -0.4 is 0 Å². The van der Waals surface area contributed by atoms with Gasteiger partial charge in [-0.25, -0.2) is 9.37 Å². The van der Waals surface area contributed by atoms with Crippen LogP contribution in [0.3, 0.4) is 0 Å². The molecule has 0 saturated heterocycles. The molecule has 0 spiro atoms. The summed E-state index contributed by atoms with van der Waals surface area (Å²) in [6.45, 7) is 0.794. The van der Waals surface area contributed by atoms with Gasteiger partial charge in [0.1, 0.15) is 5.52 Å². The Kier molecular flexibility index (Phi) is 3.18. The van der Waals surface area contributed by atoms with Crippen molar-refractivity contribution < 1.29 is 14.3 Å². The fourth-order valence-corrected chi connectivity index (χ4v) is 2.80. The largest absolute Gasteiger partial charge is 0.481 e. The van der Waals surface area contributed by atoms with Gasteiger partial charge >= 0.3 is 5.97 Å². The van der Waals surface area contributed by atoms with Gasteiger partial charge in [0.15, 0.2) is 11.0 Å². The van der Waals surface area contributed by atoms with Crippen molar-refractivity contribution in [2.24, 2.45) is 5.92 Å². The lowest BCUT2D eigenvalue weighted by atomic mass is 10.3. The molecule has 1 aromatic heterocycles. The first-order valence-corrected chi connectivity index (χ1v) is 7.13. The lowest BCUT2D eigenvalue weighted by Crippen LogP contribution is -2.04. The molecule has 0 radical (unpaired) electrons. The highest BCUT2D eigenvalue weighted by Crippen LogP contribution is 2.34. The number of carboxylic acids is 1. The highest BCUT2D eigenvalue weighted by molar-refractivity contribution is 7.99. The van der Waals surface area contributed by atoms with Crippen molar-refractivity contribution in [3.05, 3.63) is 24.0 Å². The van der Waals surface area contributed by atoms with Gasteiger partial charge in [0, 0.05) is 6.54 Å². The Balaban J connectivity index is 2.01. The molecule has 3 rings (SSSR count). The van der Waals surface area contributed by atoms with Crippen LogP contribution in [-0.2, 0) is 11.3 Å². The Hall–Kier alpha value is -1.56. The number of benzene rings is 1. The standard InChI is InChI=1S/C13H13FN2O2S/c14-9-2-1-3-10-12(9)15-13(19-7-11(17)18)16(10)6-8-4-5-8/h1-3,8H,4-7H2,(H,17,18). The van der Waals surface area contributed by atoms with Crippen molar-refractivity contribution in [3.63, 3.8) is 0 Å². The highest BCUT2D eigenvalue weighted by Gasteiger charge is 2.25. The average Bonchev–Trinajstić information content (AvgIpc) is 3.10. The number of carboxylic acid groups (broad SMARTS) is 1.